The van der Waals surface area contributed by atoms with E-state index in [4.69, 9.17) is 13.9 Å². The molecule has 6 rings (SSSR count). The van der Waals surface area contributed by atoms with E-state index in [9.17, 15) is 4.79 Å². The van der Waals surface area contributed by atoms with E-state index >= 15 is 0 Å². The number of rotatable bonds is 8. The van der Waals surface area contributed by atoms with Crippen molar-refractivity contribution in [1.29, 1.82) is 0 Å². The van der Waals surface area contributed by atoms with Crippen LogP contribution in [-0.2, 0) is 13.1 Å². The van der Waals surface area contributed by atoms with Crippen molar-refractivity contribution < 1.29 is 18.7 Å². The van der Waals surface area contributed by atoms with Gasteiger partial charge in [0, 0.05) is 49.4 Å². The number of methoxy groups -OCH3 is 2. The fourth-order valence-electron chi connectivity index (χ4n) is 5.64. The summed E-state index contributed by atoms with van der Waals surface area (Å²) in [5.74, 6) is 3.22. The van der Waals surface area contributed by atoms with E-state index in [1.807, 2.05) is 43.1 Å². The van der Waals surface area contributed by atoms with Gasteiger partial charge >= 0.3 is 0 Å². The largest absolute Gasteiger partial charge is 0.497 e. The minimum atomic E-state index is -0.00303. The van der Waals surface area contributed by atoms with Gasteiger partial charge in [0.1, 0.15) is 12.0 Å². The molecule has 1 N–H and O–H groups in total. The summed E-state index contributed by atoms with van der Waals surface area (Å²) in [5, 5.41) is 3.37. The van der Waals surface area contributed by atoms with Crippen LogP contribution in [0.2, 0.25) is 0 Å². The first-order valence-corrected chi connectivity index (χ1v) is 14.8. The van der Waals surface area contributed by atoms with Crippen LogP contribution >= 0.6 is 12.6 Å². The van der Waals surface area contributed by atoms with E-state index in [2.05, 4.69) is 38.9 Å². The molecule has 2 aliphatic heterocycles. The maximum atomic E-state index is 12.9. The van der Waals surface area contributed by atoms with E-state index in [1.165, 1.54) is 24.7 Å². The zero-order valence-corrected chi connectivity index (χ0v) is 25.3. The van der Waals surface area contributed by atoms with E-state index in [0.717, 1.165) is 60.9 Å². The Morgan fingerprint density at radius 3 is 2.49 bits per heavy atom. The third kappa shape index (κ3) is 7.61. The van der Waals surface area contributed by atoms with Gasteiger partial charge in [0.05, 0.1) is 20.8 Å². The summed E-state index contributed by atoms with van der Waals surface area (Å²) >= 11 is 4.34. The Labute approximate surface area is 248 Å². The maximum absolute atomic E-state index is 12.9. The number of ether oxygens (including phenoxy) is 2. The van der Waals surface area contributed by atoms with Gasteiger partial charge in [-0.05, 0) is 80.3 Å². The van der Waals surface area contributed by atoms with Crippen LogP contribution in [0.4, 0.5) is 0 Å². The van der Waals surface area contributed by atoms with Crippen LogP contribution in [0.15, 0.2) is 46.0 Å². The highest BCUT2D eigenvalue weighted by molar-refractivity contribution is 7.80. The third-order valence-electron chi connectivity index (χ3n) is 8.18. The SMILES string of the molecule is COc1cc(C)c(S)c(C)c1.COc1ccc(CN2CCC3CN(C(=O)c4coc(CNC5CC5)n4)CC3C2)cn1. The molecule has 41 heavy (non-hydrogen) atoms. The van der Waals surface area contributed by atoms with E-state index in [1.54, 1.807) is 14.2 Å². The Kier molecular flexibility index (Phi) is 9.52. The van der Waals surface area contributed by atoms with Crippen molar-refractivity contribution >= 4 is 18.5 Å². The number of carbonyl (C=O) groups is 1. The Balaban J connectivity index is 0.000000259. The first kappa shape index (κ1) is 29.4. The van der Waals surface area contributed by atoms with Gasteiger partial charge in [-0.25, -0.2) is 9.97 Å². The van der Waals surface area contributed by atoms with Crippen LogP contribution < -0.4 is 14.8 Å². The number of amides is 1. The monoisotopic (exact) mass is 579 g/mol. The minimum absolute atomic E-state index is 0.00303. The number of likely N-dealkylation sites (tertiary alicyclic amines) is 2. The van der Waals surface area contributed by atoms with Gasteiger partial charge in [-0.1, -0.05) is 6.07 Å². The lowest BCUT2D eigenvalue weighted by molar-refractivity contribution is 0.0777. The lowest BCUT2D eigenvalue weighted by Gasteiger charge is -2.34. The Hall–Kier alpha value is -3.08. The molecule has 3 aliphatic rings. The number of hydrogen-bond donors (Lipinski definition) is 2. The van der Waals surface area contributed by atoms with Gasteiger partial charge in [-0.15, -0.1) is 12.6 Å². The van der Waals surface area contributed by atoms with Crippen molar-refractivity contribution in [3.63, 3.8) is 0 Å². The summed E-state index contributed by atoms with van der Waals surface area (Å²) in [4.78, 5) is 27.1. The highest BCUT2D eigenvalue weighted by atomic mass is 32.1. The molecule has 220 valence electrons. The second kappa shape index (κ2) is 13.3. The number of oxazole rings is 1. The fraction of sp³-hybridized carbons (Fsp3) is 0.516. The molecular formula is C31H41N5O4S. The molecule has 2 saturated heterocycles. The average molecular weight is 580 g/mol. The number of aryl methyl sites for hydroxylation is 2. The molecule has 0 spiro atoms. The molecule has 2 atom stereocenters. The summed E-state index contributed by atoms with van der Waals surface area (Å²) in [6, 6.07) is 8.53. The second-order valence-corrected chi connectivity index (χ2v) is 11.8. The minimum Gasteiger partial charge on any atom is -0.497 e. The van der Waals surface area contributed by atoms with E-state index in [-0.39, 0.29) is 5.91 Å². The number of piperidine rings is 1. The van der Waals surface area contributed by atoms with Crippen LogP contribution in [0.25, 0.3) is 0 Å². The van der Waals surface area contributed by atoms with Crippen molar-refractivity contribution in [2.24, 2.45) is 11.8 Å². The zero-order valence-electron chi connectivity index (χ0n) is 24.4. The molecule has 2 aromatic heterocycles. The average Bonchev–Trinajstić information content (AvgIpc) is 3.52. The van der Waals surface area contributed by atoms with Gasteiger partial charge < -0.3 is 24.1 Å². The number of nitrogens with zero attached hydrogens (tertiary/aromatic N) is 4. The molecule has 4 heterocycles. The summed E-state index contributed by atoms with van der Waals surface area (Å²) in [6.45, 7) is 9.21. The van der Waals surface area contributed by atoms with Gasteiger partial charge in [0.15, 0.2) is 5.69 Å². The predicted molar refractivity (Wildman–Crippen MR) is 160 cm³/mol. The zero-order chi connectivity index (χ0) is 28.9. The maximum Gasteiger partial charge on any atom is 0.275 e. The fourth-order valence-corrected chi connectivity index (χ4v) is 5.77. The first-order chi connectivity index (χ1) is 19.8. The normalized spacial score (nSPS) is 20.3. The molecule has 1 aromatic carbocycles. The molecule has 10 heteroatoms. The van der Waals surface area contributed by atoms with E-state index < -0.39 is 0 Å². The molecule has 1 saturated carbocycles. The molecule has 3 aromatic rings. The number of carbonyl (C=O) groups excluding carboxylic acids is 1. The van der Waals surface area contributed by atoms with Crippen LogP contribution in [0.3, 0.4) is 0 Å². The van der Waals surface area contributed by atoms with Crippen molar-refractivity contribution in [1.82, 2.24) is 25.1 Å². The summed E-state index contributed by atoms with van der Waals surface area (Å²) in [6.07, 6.45) is 6.95. The van der Waals surface area contributed by atoms with Crippen molar-refractivity contribution in [2.45, 2.75) is 57.1 Å². The molecule has 0 radical (unpaired) electrons. The topological polar surface area (TPSA) is 93.0 Å². The molecule has 2 unspecified atom stereocenters. The molecule has 9 nitrogen and oxygen atoms in total. The molecule has 0 bridgehead atoms. The number of fused-ring (bicyclic) bond motifs is 1. The number of benzene rings is 1. The lowest BCUT2D eigenvalue weighted by Crippen LogP contribution is -2.39. The van der Waals surface area contributed by atoms with Crippen LogP contribution in [0.5, 0.6) is 11.6 Å². The van der Waals surface area contributed by atoms with E-state index in [0.29, 0.717) is 41.9 Å². The lowest BCUT2D eigenvalue weighted by atomic mass is 9.88. The standard InChI is InChI=1S/C22H29N5O3.C9H12OS/c1-29-20-5-2-15(8-24-20)10-26-7-6-16-12-27(13-17(16)11-26)22(28)19-14-30-21(25-19)9-23-18-3-4-18;1-6-4-8(10-3)5-7(2)9(6)11/h2,5,8,14,16-18,23H,3-4,6-7,9-13H2,1H3;4-5,11H,1-3H3. The number of thiol groups is 1. The van der Waals surface area contributed by atoms with Gasteiger partial charge in [-0.2, -0.15) is 0 Å². The Morgan fingerprint density at radius 1 is 1.07 bits per heavy atom. The van der Waals surface area contributed by atoms with Gasteiger partial charge in [0.25, 0.3) is 5.91 Å². The van der Waals surface area contributed by atoms with Crippen molar-refractivity contribution in [2.75, 3.05) is 40.4 Å². The van der Waals surface area contributed by atoms with Crippen molar-refractivity contribution in [3.05, 3.63) is 65.0 Å². The Bertz CT molecular complexity index is 1300. The number of hydrogen-bond acceptors (Lipinski definition) is 9. The predicted octanol–water partition coefficient (Wildman–Crippen LogP) is 4.53. The van der Waals surface area contributed by atoms with Gasteiger partial charge in [0.2, 0.25) is 11.8 Å². The molecule has 1 aliphatic carbocycles. The molecular weight excluding hydrogens is 538 g/mol. The van der Waals surface area contributed by atoms with Crippen LogP contribution in [0, 0.1) is 25.7 Å². The highest BCUT2D eigenvalue weighted by Crippen LogP contribution is 2.32. The smallest absolute Gasteiger partial charge is 0.275 e. The molecule has 3 fully saturated rings. The second-order valence-electron chi connectivity index (χ2n) is 11.4. The quantitative estimate of drug-likeness (QED) is 0.377. The summed E-state index contributed by atoms with van der Waals surface area (Å²) in [7, 11) is 3.30. The van der Waals surface area contributed by atoms with Crippen molar-refractivity contribution in [3.8, 4) is 11.6 Å². The summed E-state index contributed by atoms with van der Waals surface area (Å²) in [5.41, 5.74) is 3.94. The summed E-state index contributed by atoms with van der Waals surface area (Å²) < 4.78 is 15.7. The number of pyridine rings is 1. The van der Waals surface area contributed by atoms with Crippen LogP contribution in [0.1, 0.15) is 52.3 Å². The number of nitrogens with one attached hydrogen (secondary N) is 1. The molecule has 1 amide bonds. The highest BCUT2D eigenvalue weighted by Gasteiger charge is 2.39. The number of aromatic nitrogens is 2. The first-order valence-electron chi connectivity index (χ1n) is 14.4. The van der Waals surface area contributed by atoms with Crippen LogP contribution in [-0.4, -0.2) is 72.1 Å². The third-order valence-corrected chi connectivity index (χ3v) is 8.88. The van der Waals surface area contributed by atoms with Gasteiger partial charge in [-0.3, -0.25) is 9.69 Å². The Morgan fingerprint density at radius 2 is 1.83 bits per heavy atom.